The van der Waals surface area contributed by atoms with E-state index in [2.05, 4.69) is 0 Å². The first kappa shape index (κ1) is 13.9. The predicted octanol–water partition coefficient (Wildman–Crippen LogP) is 1.88. The van der Waals surface area contributed by atoms with Crippen LogP contribution in [0.1, 0.15) is 39.5 Å². The van der Waals surface area contributed by atoms with Crippen LogP contribution in [0.25, 0.3) is 0 Å². The molecule has 4 heteroatoms. The Kier molecular flexibility index (Phi) is 8.82. The predicted molar refractivity (Wildman–Crippen MR) is 56.0 cm³/mol. The maximum atomic E-state index is 10.9. The smallest absolute Gasteiger partial charge is 0.305 e. The zero-order chi connectivity index (χ0) is 11.5. The molecule has 0 rings (SSSR count). The number of unbranched alkanes of at least 4 members (excludes halogenated alkanes) is 2. The summed E-state index contributed by atoms with van der Waals surface area (Å²) < 4.78 is 9.65. The minimum absolute atomic E-state index is 0.159. The Morgan fingerprint density at radius 1 is 1.27 bits per heavy atom. The minimum atomic E-state index is -0.260. The molecule has 0 unspecified atom stereocenters. The fourth-order valence-electron chi connectivity index (χ4n) is 0.955. The maximum Gasteiger partial charge on any atom is 0.305 e. The van der Waals surface area contributed by atoms with Crippen LogP contribution in [0.4, 0.5) is 0 Å². The number of carbonyl (C=O) groups excluding carboxylic acids is 2. The third kappa shape index (κ3) is 10.9. The van der Waals surface area contributed by atoms with Crippen LogP contribution in [0.5, 0.6) is 0 Å². The second-order valence-electron chi connectivity index (χ2n) is 3.20. The summed E-state index contributed by atoms with van der Waals surface area (Å²) in [6.45, 7) is 4.09. The average molecular weight is 215 g/mol. The summed E-state index contributed by atoms with van der Waals surface area (Å²) in [4.78, 5) is 21.3. The second kappa shape index (κ2) is 9.49. The van der Waals surface area contributed by atoms with Crippen molar-refractivity contribution in [3.63, 3.8) is 0 Å². The Morgan fingerprint density at radius 3 is 2.60 bits per heavy atom. The van der Waals surface area contributed by atoms with Crippen LogP contribution in [0, 0.1) is 6.42 Å². The van der Waals surface area contributed by atoms with Crippen LogP contribution in [-0.2, 0) is 19.1 Å². The molecule has 1 radical (unpaired) electrons. The third-order valence-electron chi connectivity index (χ3n) is 1.67. The van der Waals surface area contributed by atoms with Gasteiger partial charge in [-0.1, -0.05) is 6.92 Å². The van der Waals surface area contributed by atoms with Gasteiger partial charge in [0, 0.05) is 13.3 Å². The van der Waals surface area contributed by atoms with Crippen molar-refractivity contribution in [1.29, 1.82) is 0 Å². The van der Waals surface area contributed by atoms with Gasteiger partial charge in [0.05, 0.1) is 13.2 Å². The van der Waals surface area contributed by atoms with Crippen LogP contribution in [0.3, 0.4) is 0 Å². The highest BCUT2D eigenvalue weighted by Gasteiger charge is 2.00. The lowest BCUT2D eigenvalue weighted by atomic mass is 10.2. The monoisotopic (exact) mass is 215 g/mol. The lowest BCUT2D eigenvalue weighted by Crippen LogP contribution is -2.06. The Hall–Kier alpha value is -1.06. The molecule has 15 heavy (non-hydrogen) atoms. The normalized spacial score (nSPS) is 9.73. The molecule has 0 saturated heterocycles. The number of hydrogen-bond acceptors (Lipinski definition) is 4. The summed E-state index contributed by atoms with van der Waals surface area (Å²) in [7, 11) is 0. The fraction of sp³-hybridized carbons (Fsp3) is 0.727. The van der Waals surface area contributed by atoms with Gasteiger partial charge in [0.25, 0.3) is 0 Å². The van der Waals surface area contributed by atoms with E-state index in [1.807, 2.05) is 13.3 Å². The average Bonchev–Trinajstić information content (AvgIpc) is 2.16. The highest BCUT2D eigenvalue weighted by Crippen LogP contribution is 1.97. The Bertz CT molecular complexity index is 189. The summed E-state index contributed by atoms with van der Waals surface area (Å²) in [5.74, 6) is -0.418. The Labute approximate surface area is 90.9 Å². The molecule has 87 valence electrons. The molecule has 0 saturated carbocycles. The van der Waals surface area contributed by atoms with Crippen LogP contribution in [-0.4, -0.2) is 25.2 Å². The standard InChI is InChI=1S/C11H19O4/c1-3-7-11(13)15-9-6-4-5-8-14-10(2)12/h6H,3-5,7-9H2,1-2H3. The molecule has 0 aromatic heterocycles. The van der Waals surface area contributed by atoms with E-state index in [1.54, 1.807) is 0 Å². The van der Waals surface area contributed by atoms with E-state index in [4.69, 9.17) is 9.47 Å². The van der Waals surface area contributed by atoms with Gasteiger partial charge >= 0.3 is 11.9 Å². The summed E-state index contributed by atoms with van der Waals surface area (Å²) >= 11 is 0. The van der Waals surface area contributed by atoms with Crippen molar-refractivity contribution in [2.24, 2.45) is 0 Å². The number of hydrogen-bond donors (Lipinski definition) is 0. The molecule has 0 N–H and O–H groups in total. The molecule has 0 bridgehead atoms. The maximum absolute atomic E-state index is 10.9. The van der Waals surface area contributed by atoms with Gasteiger partial charge in [-0.15, -0.1) is 0 Å². The van der Waals surface area contributed by atoms with Crippen molar-refractivity contribution >= 4 is 11.9 Å². The van der Waals surface area contributed by atoms with Crippen molar-refractivity contribution in [2.75, 3.05) is 13.2 Å². The lowest BCUT2D eigenvalue weighted by molar-refractivity contribution is -0.142. The number of ether oxygens (including phenoxy) is 2. The first-order valence-corrected chi connectivity index (χ1v) is 5.27. The van der Waals surface area contributed by atoms with E-state index >= 15 is 0 Å². The van der Waals surface area contributed by atoms with Gasteiger partial charge in [0.15, 0.2) is 0 Å². The summed E-state index contributed by atoms with van der Waals surface area (Å²) in [5.41, 5.74) is 0. The minimum Gasteiger partial charge on any atom is -0.466 e. The van der Waals surface area contributed by atoms with Crippen LogP contribution in [0.2, 0.25) is 0 Å². The van der Waals surface area contributed by atoms with E-state index in [0.717, 1.165) is 19.3 Å². The zero-order valence-corrected chi connectivity index (χ0v) is 9.45. The number of rotatable bonds is 8. The lowest BCUT2D eigenvalue weighted by Gasteiger charge is -2.03. The molecule has 0 spiro atoms. The van der Waals surface area contributed by atoms with E-state index < -0.39 is 0 Å². The topological polar surface area (TPSA) is 52.6 Å². The summed E-state index contributed by atoms with van der Waals surface area (Å²) in [6, 6.07) is 0. The van der Waals surface area contributed by atoms with Gasteiger partial charge in [-0.25, -0.2) is 0 Å². The number of carbonyl (C=O) groups is 2. The highest BCUT2D eigenvalue weighted by molar-refractivity contribution is 5.69. The Balaban J connectivity index is 3.11. The van der Waals surface area contributed by atoms with E-state index in [9.17, 15) is 9.59 Å². The van der Waals surface area contributed by atoms with Crippen molar-refractivity contribution in [1.82, 2.24) is 0 Å². The Morgan fingerprint density at radius 2 is 2.00 bits per heavy atom. The molecule has 0 aromatic carbocycles. The van der Waals surface area contributed by atoms with Gasteiger partial charge in [-0.2, -0.15) is 0 Å². The molecular formula is C11H19O4. The fourth-order valence-corrected chi connectivity index (χ4v) is 0.955. The molecule has 0 aliphatic heterocycles. The van der Waals surface area contributed by atoms with Gasteiger partial charge in [0.1, 0.15) is 0 Å². The number of esters is 2. The van der Waals surface area contributed by atoms with E-state index in [1.165, 1.54) is 6.92 Å². The van der Waals surface area contributed by atoms with Crippen LogP contribution < -0.4 is 0 Å². The first-order valence-electron chi connectivity index (χ1n) is 5.27. The quantitative estimate of drug-likeness (QED) is 0.458. The summed E-state index contributed by atoms with van der Waals surface area (Å²) in [6.07, 6.45) is 4.71. The van der Waals surface area contributed by atoms with Gasteiger partial charge < -0.3 is 9.47 Å². The molecule has 0 aromatic rings. The molecule has 0 fully saturated rings. The molecule has 0 heterocycles. The largest absolute Gasteiger partial charge is 0.466 e. The van der Waals surface area contributed by atoms with Crippen LogP contribution in [0.15, 0.2) is 0 Å². The van der Waals surface area contributed by atoms with Crippen molar-refractivity contribution < 1.29 is 19.1 Å². The molecule has 4 nitrogen and oxygen atoms in total. The molecular weight excluding hydrogens is 196 g/mol. The van der Waals surface area contributed by atoms with E-state index in [-0.39, 0.29) is 11.9 Å². The van der Waals surface area contributed by atoms with Gasteiger partial charge in [0.2, 0.25) is 0 Å². The van der Waals surface area contributed by atoms with Crippen molar-refractivity contribution in [3.8, 4) is 0 Å². The second-order valence-corrected chi connectivity index (χ2v) is 3.20. The highest BCUT2D eigenvalue weighted by atomic mass is 16.5. The first-order chi connectivity index (χ1) is 7.16. The molecule has 0 aliphatic carbocycles. The van der Waals surface area contributed by atoms with Crippen molar-refractivity contribution in [3.05, 3.63) is 6.42 Å². The van der Waals surface area contributed by atoms with Crippen LogP contribution >= 0.6 is 0 Å². The summed E-state index contributed by atoms with van der Waals surface area (Å²) in [5, 5.41) is 0. The zero-order valence-electron chi connectivity index (χ0n) is 9.45. The third-order valence-corrected chi connectivity index (χ3v) is 1.67. The molecule has 0 amide bonds. The van der Waals surface area contributed by atoms with Gasteiger partial charge in [-0.05, 0) is 25.7 Å². The van der Waals surface area contributed by atoms with E-state index in [0.29, 0.717) is 19.6 Å². The molecule has 0 aliphatic rings. The van der Waals surface area contributed by atoms with Gasteiger partial charge in [-0.3, -0.25) is 9.59 Å². The SMILES string of the molecule is CCCC(=O)OC[CH]CCCOC(C)=O. The van der Waals surface area contributed by atoms with Crippen molar-refractivity contribution in [2.45, 2.75) is 39.5 Å². The molecule has 0 atom stereocenters.